The number of carbonyl (C=O) groups is 3. The number of aromatic nitrogens is 8. The van der Waals surface area contributed by atoms with Gasteiger partial charge in [0.05, 0.1) is 35.8 Å². The van der Waals surface area contributed by atoms with E-state index >= 15 is 0 Å². The van der Waals surface area contributed by atoms with Crippen LogP contribution in [0.5, 0.6) is 0 Å². The standard InChI is InChI=1S/C32H42N6O2S.C31H40N6O2S.CH2O/c1-18(2)25-26-21(5)28(41-30(26)35-27(25)24-15-38-29(33-17-34-38)20(4)19(24)3)22-7-9-37(10-8-22)31(39)23-13-32(14-23)16-36(6)11-12-40-32;1-17(2)24-25-20(5)27(40-29(25)35-26(24)23-14-37-28(33-16-34-37)19(4)18(23)3)21-6-9-36(10-7-21)30(38)22-12-31(13-22)15-32-8-11-39-31;1-2/h15,17-18,22-23,35H,7-14,16H2,1-6H3;14,16-17,21-22,32,35H,6-13,15H2,1-5H3;1H2. The van der Waals surface area contributed by atoms with Crippen molar-refractivity contribution in [1.29, 1.82) is 0 Å². The van der Waals surface area contributed by atoms with E-state index in [-0.39, 0.29) is 23.0 Å². The van der Waals surface area contributed by atoms with Gasteiger partial charge in [-0.1, -0.05) is 27.7 Å². The third-order valence-electron chi connectivity index (χ3n) is 20.0. The second-order valence-corrected chi connectivity index (χ2v) is 27.9. The number of piperidine rings is 2. The zero-order valence-corrected chi connectivity index (χ0v) is 52.2. The predicted molar refractivity (Wildman–Crippen MR) is 330 cm³/mol. The Morgan fingerprint density at radius 2 is 1.05 bits per heavy atom. The first-order chi connectivity index (χ1) is 39.9. The Labute approximate surface area is 495 Å². The van der Waals surface area contributed by atoms with Crippen molar-refractivity contribution in [2.45, 2.75) is 155 Å². The summed E-state index contributed by atoms with van der Waals surface area (Å²) >= 11 is 3.85. The maximum atomic E-state index is 13.3. The number of aromatic amines is 2. The molecule has 4 aliphatic heterocycles. The highest BCUT2D eigenvalue weighted by atomic mass is 32.1. The van der Waals surface area contributed by atoms with Crippen LogP contribution < -0.4 is 5.32 Å². The topological polar surface area (TPSA) is 183 Å². The number of H-pyrrole nitrogens is 2. The van der Waals surface area contributed by atoms with E-state index < -0.39 is 0 Å². The van der Waals surface area contributed by atoms with Crippen molar-refractivity contribution in [3.8, 4) is 22.5 Å². The highest BCUT2D eigenvalue weighted by Crippen LogP contribution is 2.50. The quantitative estimate of drug-likeness (QED) is 0.132. The third kappa shape index (κ3) is 10.1. The molecule has 6 aliphatic rings. The molecule has 0 radical (unpaired) electrons. The van der Waals surface area contributed by atoms with Gasteiger partial charge >= 0.3 is 0 Å². The van der Waals surface area contributed by atoms with E-state index in [9.17, 15) is 9.59 Å². The fourth-order valence-corrected chi connectivity index (χ4v) is 18.1. The molecule has 2 amide bonds. The molecule has 14 rings (SSSR count). The number of pyridine rings is 2. The Kier molecular flexibility index (Phi) is 15.6. The Hall–Kier alpha value is -5.83. The molecule has 6 fully saturated rings. The van der Waals surface area contributed by atoms with Crippen LogP contribution in [0.2, 0.25) is 0 Å². The highest BCUT2D eigenvalue weighted by Gasteiger charge is 2.52. The maximum absolute atomic E-state index is 13.3. The van der Waals surface area contributed by atoms with Gasteiger partial charge in [0.1, 0.15) is 29.1 Å². The van der Waals surface area contributed by atoms with E-state index in [1.165, 1.54) is 97.2 Å². The minimum absolute atomic E-state index is 0.0773. The first-order valence-electron chi connectivity index (χ1n) is 30.3. The number of carbonyl (C=O) groups excluding carboxylic acids is 3. The molecule has 3 N–H and O–H groups in total. The number of ether oxygens (including phenoxy) is 2. The lowest BCUT2D eigenvalue weighted by atomic mass is 9.69. The normalized spacial score (nSPS) is 23.6. The summed E-state index contributed by atoms with van der Waals surface area (Å²) in [6.07, 6.45) is 15.2. The average Bonchev–Trinajstić information content (AvgIpc) is 2.70. The number of morpholine rings is 2. The number of fused-ring (bicyclic) bond motifs is 4. The fourth-order valence-electron chi connectivity index (χ4n) is 15.3. The lowest BCUT2D eigenvalue weighted by Gasteiger charge is -2.52. The summed E-state index contributed by atoms with van der Waals surface area (Å²) in [6, 6.07) is 0. The Morgan fingerprint density at radius 1 is 0.614 bits per heavy atom. The largest absolute Gasteiger partial charge is 0.372 e. The molecule has 83 heavy (non-hydrogen) atoms. The summed E-state index contributed by atoms with van der Waals surface area (Å²) in [5.74, 6) is 2.73. The van der Waals surface area contributed by atoms with Crippen LogP contribution in [-0.2, 0) is 23.9 Å². The van der Waals surface area contributed by atoms with E-state index in [0.29, 0.717) is 35.5 Å². The molecule has 19 heteroatoms. The molecule has 2 spiro atoms. The smallest absolute Gasteiger partial charge is 0.225 e. The number of nitrogens with zero attached hydrogens (tertiary/aromatic N) is 9. The molecule has 4 saturated heterocycles. The molecule has 2 saturated carbocycles. The highest BCUT2D eigenvalue weighted by molar-refractivity contribution is 7.19. The molecule has 0 aromatic carbocycles. The second kappa shape index (κ2) is 22.5. The van der Waals surface area contributed by atoms with Crippen molar-refractivity contribution in [2.24, 2.45) is 11.8 Å². The summed E-state index contributed by atoms with van der Waals surface area (Å²) in [5.41, 5.74) is 16.9. The van der Waals surface area contributed by atoms with Crippen LogP contribution in [0.15, 0.2) is 25.0 Å². The number of hydrogen-bond donors (Lipinski definition) is 3. The van der Waals surface area contributed by atoms with Gasteiger partial charge < -0.3 is 44.3 Å². The number of rotatable bonds is 8. The van der Waals surface area contributed by atoms with Gasteiger partial charge in [-0.15, -0.1) is 22.7 Å². The first kappa shape index (κ1) is 57.6. The number of likely N-dealkylation sites (tertiary alicyclic amines) is 2. The Morgan fingerprint density at radius 3 is 1.46 bits per heavy atom. The van der Waals surface area contributed by atoms with Crippen LogP contribution in [-0.4, -0.2) is 156 Å². The van der Waals surface area contributed by atoms with Gasteiger partial charge in [0.15, 0.2) is 11.3 Å². The van der Waals surface area contributed by atoms with Crippen LogP contribution in [0.4, 0.5) is 0 Å². The zero-order valence-electron chi connectivity index (χ0n) is 50.6. The molecular formula is C64H84N12O5S2. The molecule has 0 atom stereocenters. The zero-order chi connectivity index (χ0) is 58.4. The van der Waals surface area contributed by atoms with E-state index in [0.717, 1.165) is 128 Å². The van der Waals surface area contributed by atoms with Gasteiger partial charge in [-0.3, -0.25) is 9.59 Å². The monoisotopic (exact) mass is 1160 g/mol. The molecule has 2 aliphatic carbocycles. The summed E-state index contributed by atoms with van der Waals surface area (Å²) in [6.45, 7) is 33.2. The van der Waals surface area contributed by atoms with E-state index in [2.05, 4.69) is 139 Å². The number of thiophene rings is 2. The van der Waals surface area contributed by atoms with Crippen LogP contribution in [0, 0.1) is 53.4 Å². The number of nitrogens with one attached hydrogen (secondary N) is 3. The third-order valence-corrected chi connectivity index (χ3v) is 22.7. The van der Waals surface area contributed by atoms with Gasteiger partial charge in [-0.05, 0) is 168 Å². The minimum atomic E-state index is -0.0860. The lowest BCUT2D eigenvalue weighted by molar-refractivity contribution is -0.183. The van der Waals surface area contributed by atoms with Gasteiger partial charge in [0.2, 0.25) is 11.8 Å². The van der Waals surface area contributed by atoms with Crippen molar-refractivity contribution in [3.05, 3.63) is 79.3 Å². The van der Waals surface area contributed by atoms with Gasteiger partial charge in [-0.25, -0.2) is 19.0 Å². The van der Waals surface area contributed by atoms with Crippen molar-refractivity contribution < 1.29 is 23.9 Å². The first-order valence-corrected chi connectivity index (χ1v) is 32.0. The summed E-state index contributed by atoms with van der Waals surface area (Å²) in [4.78, 5) is 63.3. The molecule has 0 bridgehead atoms. The SMILES string of the molecule is C=O.Cc1c(-c2[nH]c3sc(C4CCN(C(=O)C5CC6(C5)CN(C)CCO6)CC4)c(C)c3c2C(C)C)cn2ncnc2c1C.Cc1c(-c2[nH]c3sc(C4CCN(C(=O)C5CC6(CNCCO6)C5)CC4)c(C)c3c2C(C)C)cn2ncnc2c1C. The molecule has 8 aromatic heterocycles. The van der Waals surface area contributed by atoms with Crippen LogP contribution >= 0.6 is 22.7 Å². The Bertz CT molecular complexity index is 3730. The van der Waals surface area contributed by atoms with E-state index in [4.69, 9.17) is 14.3 Å². The van der Waals surface area contributed by atoms with Crippen molar-refractivity contribution >= 4 is 73.0 Å². The molecule has 12 heterocycles. The molecule has 17 nitrogen and oxygen atoms in total. The summed E-state index contributed by atoms with van der Waals surface area (Å²) < 4.78 is 15.9. The number of amides is 2. The summed E-state index contributed by atoms with van der Waals surface area (Å²) in [7, 11) is 2.16. The maximum Gasteiger partial charge on any atom is 0.225 e. The predicted octanol–water partition coefficient (Wildman–Crippen LogP) is 11.1. The molecule has 8 aromatic rings. The van der Waals surface area contributed by atoms with Crippen LogP contribution in [0.1, 0.15) is 157 Å². The minimum Gasteiger partial charge on any atom is -0.372 e. The van der Waals surface area contributed by atoms with E-state index in [1.54, 1.807) is 12.7 Å². The fraction of sp³-hybridized carbons (Fsp3) is 0.578. The van der Waals surface area contributed by atoms with E-state index in [1.807, 2.05) is 38.5 Å². The molecule has 442 valence electrons. The molecule has 0 unspecified atom stereocenters. The van der Waals surface area contributed by atoms with Gasteiger partial charge in [-0.2, -0.15) is 10.2 Å². The Balaban J connectivity index is 0.000000159. The number of likely N-dealkylation sites (N-methyl/N-ethyl adjacent to an activating group) is 1. The summed E-state index contributed by atoms with van der Waals surface area (Å²) in [5, 5.41) is 15.1. The number of hydrogen-bond acceptors (Lipinski definition) is 13. The van der Waals surface area contributed by atoms with Crippen LogP contribution in [0.25, 0.3) is 54.2 Å². The van der Waals surface area contributed by atoms with Crippen molar-refractivity contribution in [2.75, 3.05) is 72.6 Å². The number of aryl methyl sites for hydroxylation is 4. The van der Waals surface area contributed by atoms with Crippen molar-refractivity contribution in [1.82, 2.24) is 59.2 Å². The van der Waals surface area contributed by atoms with Gasteiger partial charge in [0.25, 0.3) is 0 Å². The molecular weight excluding hydrogens is 1080 g/mol. The lowest BCUT2D eigenvalue weighted by Crippen LogP contribution is -2.60. The second-order valence-electron chi connectivity index (χ2n) is 25.8. The van der Waals surface area contributed by atoms with Crippen LogP contribution in [0.3, 0.4) is 0 Å². The van der Waals surface area contributed by atoms with Crippen molar-refractivity contribution in [3.63, 3.8) is 0 Å². The van der Waals surface area contributed by atoms with Gasteiger partial charge in [0, 0.05) is 108 Å². The average molecular weight is 1170 g/mol.